The van der Waals surface area contributed by atoms with Crippen LogP contribution in [0.1, 0.15) is 19.4 Å². The molecule has 0 unspecified atom stereocenters. The molecule has 3 heteroatoms. The molecule has 0 amide bonds. The summed E-state index contributed by atoms with van der Waals surface area (Å²) >= 11 is 0. The number of ketones is 1. The van der Waals surface area contributed by atoms with Crippen LogP contribution in [-0.4, -0.2) is 23.5 Å². The first kappa shape index (κ1) is 10.9. The van der Waals surface area contributed by atoms with Gasteiger partial charge in [-0.2, -0.15) is 0 Å². The summed E-state index contributed by atoms with van der Waals surface area (Å²) in [7, 11) is 1.55. The van der Waals surface area contributed by atoms with Crippen LogP contribution in [0.5, 0.6) is 0 Å². The van der Waals surface area contributed by atoms with E-state index in [0.29, 0.717) is 6.42 Å². The van der Waals surface area contributed by atoms with E-state index in [1.165, 1.54) is 0 Å². The minimum absolute atomic E-state index is 0.0752. The van der Waals surface area contributed by atoms with Gasteiger partial charge in [-0.1, -0.05) is 0 Å². The number of aromatic nitrogens is 1. The third-order valence-electron chi connectivity index (χ3n) is 2.30. The van der Waals surface area contributed by atoms with Crippen LogP contribution >= 0.6 is 0 Å². The van der Waals surface area contributed by atoms with Crippen molar-refractivity contribution in [3.63, 3.8) is 0 Å². The molecule has 0 N–H and O–H groups in total. The maximum absolute atomic E-state index is 11.7. The van der Waals surface area contributed by atoms with Gasteiger partial charge in [0.05, 0.1) is 0 Å². The van der Waals surface area contributed by atoms with Gasteiger partial charge in [-0.3, -0.25) is 9.78 Å². The lowest BCUT2D eigenvalue weighted by Gasteiger charge is -2.20. The molecule has 0 bridgehead atoms. The molecule has 1 heterocycles. The number of rotatable bonds is 4. The monoisotopic (exact) mass is 193 g/mol. The Morgan fingerprint density at radius 1 is 1.43 bits per heavy atom. The van der Waals surface area contributed by atoms with Crippen LogP contribution in [0.2, 0.25) is 0 Å². The minimum atomic E-state index is -0.705. The number of carbonyl (C=O) groups is 1. The zero-order valence-electron chi connectivity index (χ0n) is 8.78. The van der Waals surface area contributed by atoms with Crippen LogP contribution in [0.4, 0.5) is 0 Å². The summed E-state index contributed by atoms with van der Waals surface area (Å²) in [6, 6.07) is 3.67. The number of ether oxygens (including phenoxy) is 1. The first-order chi connectivity index (χ1) is 6.56. The topological polar surface area (TPSA) is 39.2 Å². The van der Waals surface area contributed by atoms with Crippen molar-refractivity contribution in [2.75, 3.05) is 7.11 Å². The standard InChI is InChI=1S/C11H15NO2/c1-11(2,14-3)10(13)8-9-4-6-12-7-5-9/h4-7H,8H2,1-3H3. The van der Waals surface area contributed by atoms with E-state index in [4.69, 9.17) is 4.74 Å². The molecule has 76 valence electrons. The number of hydrogen-bond acceptors (Lipinski definition) is 3. The van der Waals surface area contributed by atoms with Gasteiger partial charge in [0, 0.05) is 25.9 Å². The first-order valence-electron chi connectivity index (χ1n) is 4.53. The largest absolute Gasteiger partial charge is 0.371 e. The smallest absolute Gasteiger partial charge is 0.168 e. The molecular weight excluding hydrogens is 178 g/mol. The second kappa shape index (κ2) is 4.33. The van der Waals surface area contributed by atoms with Crippen LogP contribution in [0.15, 0.2) is 24.5 Å². The van der Waals surface area contributed by atoms with E-state index in [1.54, 1.807) is 33.4 Å². The number of pyridine rings is 1. The lowest BCUT2D eigenvalue weighted by atomic mass is 9.97. The minimum Gasteiger partial charge on any atom is -0.371 e. The zero-order chi connectivity index (χ0) is 10.6. The highest BCUT2D eigenvalue weighted by molar-refractivity contribution is 5.88. The maximum Gasteiger partial charge on any atom is 0.168 e. The zero-order valence-corrected chi connectivity index (χ0v) is 8.78. The molecule has 0 aliphatic heterocycles. The van der Waals surface area contributed by atoms with E-state index in [1.807, 2.05) is 12.1 Å². The van der Waals surface area contributed by atoms with Gasteiger partial charge in [-0.25, -0.2) is 0 Å². The van der Waals surface area contributed by atoms with Gasteiger partial charge >= 0.3 is 0 Å². The van der Waals surface area contributed by atoms with Gasteiger partial charge in [-0.05, 0) is 31.5 Å². The van der Waals surface area contributed by atoms with E-state index < -0.39 is 5.60 Å². The van der Waals surface area contributed by atoms with Crippen molar-refractivity contribution in [2.24, 2.45) is 0 Å². The molecule has 0 saturated carbocycles. The molecular formula is C11H15NO2. The molecule has 0 aliphatic carbocycles. The Balaban J connectivity index is 2.67. The van der Waals surface area contributed by atoms with Gasteiger partial charge in [-0.15, -0.1) is 0 Å². The van der Waals surface area contributed by atoms with Crippen LogP contribution in [0.25, 0.3) is 0 Å². The maximum atomic E-state index is 11.7. The van der Waals surface area contributed by atoms with E-state index in [2.05, 4.69) is 4.98 Å². The molecule has 1 aromatic rings. The van der Waals surface area contributed by atoms with Crippen molar-refractivity contribution >= 4 is 5.78 Å². The van der Waals surface area contributed by atoms with Gasteiger partial charge in [0.25, 0.3) is 0 Å². The summed E-state index contributed by atoms with van der Waals surface area (Å²) in [4.78, 5) is 15.6. The molecule has 1 rings (SSSR count). The Morgan fingerprint density at radius 3 is 2.50 bits per heavy atom. The normalized spacial score (nSPS) is 11.4. The average molecular weight is 193 g/mol. The fraction of sp³-hybridized carbons (Fsp3) is 0.455. The van der Waals surface area contributed by atoms with Crippen molar-refractivity contribution in [2.45, 2.75) is 25.9 Å². The fourth-order valence-electron chi connectivity index (χ4n) is 1.01. The Hall–Kier alpha value is -1.22. The Kier molecular flexibility index (Phi) is 3.36. The predicted molar refractivity (Wildman–Crippen MR) is 54.0 cm³/mol. The molecule has 0 atom stereocenters. The molecule has 3 nitrogen and oxygen atoms in total. The average Bonchev–Trinajstić information content (AvgIpc) is 2.19. The second-order valence-corrected chi connectivity index (χ2v) is 3.67. The first-order valence-corrected chi connectivity index (χ1v) is 4.53. The molecule has 0 saturated heterocycles. The van der Waals surface area contributed by atoms with E-state index >= 15 is 0 Å². The van der Waals surface area contributed by atoms with Crippen molar-refractivity contribution in [1.29, 1.82) is 0 Å². The lowest BCUT2D eigenvalue weighted by molar-refractivity contribution is -0.136. The van der Waals surface area contributed by atoms with Crippen molar-refractivity contribution in [1.82, 2.24) is 4.98 Å². The molecule has 14 heavy (non-hydrogen) atoms. The van der Waals surface area contributed by atoms with Crippen LogP contribution < -0.4 is 0 Å². The number of nitrogens with zero attached hydrogens (tertiary/aromatic N) is 1. The summed E-state index contributed by atoms with van der Waals surface area (Å²) in [6.07, 6.45) is 3.76. The SMILES string of the molecule is COC(C)(C)C(=O)Cc1ccncc1. The third-order valence-corrected chi connectivity index (χ3v) is 2.30. The molecule has 0 fully saturated rings. The quantitative estimate of drug-likeness (QED) is 0.729. The Morgan fingerprint density at radius 2 is 2.00 bits per heavy atom. The van der Waals surface area contributed by atoms with Gasteiger partial charge in [0.2, 0.25) is 0 Å². The highest BCUT2D eigenvalue weighted by Crippen LogP contribution is 2.12. The second-order valence-electron chi connectivity index (χ2n) is 3.67. The van der Waals surface area contributed by atoms with E-state index in [-0.39, 0.29) is 5.78 Å². The summed E-state index contributed by atoms with van der Waals surface area (Å²) in [6.45, 7) is 3.55. The number of Topliss-reactive ketones (excluding diaryl/α,β-unsaturated/α-hetero) is 1. The third kappa shape index (κ3) is 2.64. The number of carbonyl (C=O) groups excluding carboxylic acids is 1. The summed E-state index contributed by atoms with van der Waals surface area (Å²) in [5, 5.41) is 0. The summed E-state index contributed by atoms with van der Waals surface area (Å²) in [5.41, 5.74) is 0.263. The van der Waals surface area contributed by atoms with Crippen LogP contribution in [-0.2, 0) is 16.0 Å². The molecule has 0 spiro atoms. The highest BCUT2D eigenvalue weighted by atomic mass is 16.5. The number of methoxy groups -OCH3 is 1. The van der Waals surface area contributed by atoms with Crippen molar-refractivity contribution < 1.29 is 9.53 Å². The Bertz CT molecular complexity index is 306. The van der Waals surface area contributed by atoms with Crippen LogP contribution in [0, 0.1) is 0 Å². The van der Waals surface area contributed by atoms with Crippen LogP contribution in [0.3, 0.4) is 0 Å². The lowest BCUT2D eigenvalue weighted by Crippen LogP contribution is -2.35. The van der Waals surface area contributed by atoms with Crippen molar-refractivity contribution in [3.05, 3.63) is 30.1 Å². The molecule has 0 radical (unpaired) electrons. The molecule has 0 aromatic carbocycles. The molecule has 1 aromatic heterocycles. The summed E-state index contributed by atoms with van der Waals surface area (Å²) < 4.78 is 5.11. The van der Waals surface area contributed by atoms with Gasteiger partial charge in [0.1, 0.15) is 5.60 Å². The van der Waals surface area contributed by atoms with Gasteiger partial charge in [0.15, 0.2) is 5.78 Å². The number of hydrogen-bond donors (Lipinski definition) is 0. The molecule has 0 aliphatic rings. The fourth-order valence-corrected chi connectivity index (χ4v) is 1.01. The highest BCUT2D eigenvalue weighted by Gasteiger charge is 2.26. The van der Waals surface area contributed by atoms with E-state index in [0.717, 1.165) is 5.56 Å². The predicted octanol–water partition coefficient (Wildman–Crippen LogP) is 1.62. The van der Waals surface area contributed by atoms with E-state index in [9.17, 15) is 4.79 Å². The van der Waals surface area contributed by atoms with Crippen molar-refractivity contribution in [3.8, 4) is 0 Å². The van der Waals surface area contributed by atoms with Gasteiger partial charge < -0.3 is 4.74 Å². The Labute approximate surface area is 84.1 Å². The summed E-state index contributed by atoms with van der Waals surface area (Å²) in [5.74, 6) is 0.0752.